The van der Waals surface area contributed by atoms with Crippen molar-refractivity contribution in [3.63, 3.8) is 0 Å². The number of H-pyrrole nitrogens is 1. The highest BCUT2D eigenvalue weighted by Crippen LogP contribution is 2.27. The van der Waals surface area contributed by atoms with Crippen molar-refractivity contribution in [3.8, 4) is 11.1 Å². The predicted molar refractivity (Wildman–Crippen MR) is 148 cm³/mol. The van der Waals surface area contributed by atoms with E-state index in [4.69, 9.17) is 0 Å². The summed E-state index contributed by atoms with van der Waals surface area (Å²) < 4.78 is 0. The minimum Gasteiger partial charge on any atom is -0.342 e. The number of fused-ring (bicyclic) bond motifs is 1. The van der Waals surface area contributed by atoms with Crippen LogP contribution in [0.2, 0.25) is 0 Å². The van der Waals surface area contributed by atoms with E-state index < -0.39 is 0 Å². The Balaban J connectivity index is 1.34. The van der Waals surface area contributed by atoms with E-state index in [1.54, 1.807) is 0 Å². The number of imidazole rings is 1. The molecule has 2 amide bonds. The van der Waals surface area contributed by atoms with Crippen molar-refractivity contribution >= 4 is 22.6 Å². The molecule has 5 heteroatoms. The van der Waals surface area contributed by atoms with E-state index in [-0.39, 0.29) is 6.03 Å². The number of aryl methyl sites for hydroxylation is 2. The van der Waals surface area contributed by atoms with Crippen molar-refractivity contribution in [3.05, 3.63) is 95.3 Å². The zero-order valence-corrected chi connectivity index (χ0v) is 21.4. The number of nitrogens with zero attached hydrogens (tertiary/aromatic N) is 3. The van der Waals surface area contributed by atoms with Crippen molar-refractivity contribution in [2.45, 2.75) is 40.2 Å². The summed E-state index contributed by atoms with van der Waals surface area (Å²) >= 11 is 0. The van der Waals surface area contributed by atoms with Gasteiger partial charge in [0, 0.05) is 26.2 Å². The summed E-state index contributed by atoms with van der Waals surface area (Å²) in [6, 6.07) is 23.5. The molecule has 1 aliphatic heterocycles. The second-order valence-electron chi connectivity index (χ2n) is 9.69. The summed E-state index contributed by atoms with van der Waals surface area (Å²) in [6.07, 6.45) is 4.03. The normalized spacial score (nSPS) is 13.6. The maximum Gasteiger partial charge on any atom is 0.320 e. The Hall–Kier alpha value is -3.86. The molecule has 0 aliphatic carbocycles. The van der Waals surface area contributed by atoms with E-state index in [2.05, 4.69) is 90.6 Å². The van der Waals surface area contributed by atoms with E-state index in [9.17, 15) is 4.79 Å². The first-order valence-electron chi connectivity index (χ1n) is 12.9. The van der Waals surface area contributed by atoms with Gasteiger partial charge in [0.15, 0.2) is 0 Å². The Morgan fingerprint density at radius 3 is 2.53 bits per heavy atom. The average Bonchev–Trinajstić information content (AvgIpc) is 3.29. The molecular weight excluding hydrogens is 444 g/mol. The number of benzene rings is 3. The summed E-state index contributed by atoms with van der Waals surface area (Å²) in [5.41, 5.74) is 9.30. The Morgan fingerprint density at radius 1 is 1.00 bits per heavy atom. The maximum absolute atomic E-state index is 13.6. The molecule has 0 fully saturated rings. The Bertz CT molecular complexity index is 1400. The van der Waals surface area contributed by atoms with E-state index >= 15 is 0 Å². The molecule has 1 aromatic heterocycles. The summed E-state index contributed by atoms with van der Waals surface area (Å²) in [4.78, 5) is 25.4. The number of hydrogen-bond acceptors (Lipinski definition) is 2. The van der Waals surface area contributed by atoms with Gasteiger partial charge in [-0.15, -0.1) is 0 Å². The van der Waals surface area contributed by atoms with Crippen molar-refractivity contribution in [1.82, 2.24) is 19.8 Å². The van der Waals surface area contributed by atoms with Gasteiger partial charge in [0.25, 0.3) is 0 Å². The predicted octanol–water partition coefficient (Wildman–Crippen LogP) is 6.97. The number of carbonyl (C=O) groups excluding carboxylic acids is 1. The second kappa shape index (κ2) is 10.4. The van der Waals surface area contributed by atoms with Crippen molar-refractivity contribution < 1.29 is 4.79 Å². The average molecular weight is 479 g/mol. The largest absolute Gasteiger partial charge is 0.342 e. The highest BCUT2D eigenvalue weighted by molar-refractivity contribution is 5.82. The highest BCUT2D eigenvalue weighted by atomic mass is 16.2. The van der Waals surface area contributed by atoms with Gasteiger partial charge in [-0.2, -0.15) is 0 Å². The molecule has 0 saturated heterocycles. The fourth-order valence-electron chi connectivity index (χ4n) is 5.01. The van der Waals surface area contributed by atoms with Gasteiger partial charge in [0.05, 0.1) is 11.0 Å². The lowest BCUT2D eigenvalue weighted by Crippen LogP contribution is -2.45. The number of hydrogen-bond donors (Lipinski definition) is 1. The molecule has 0 bridgehead atoms. The van der Waals surface area contributed by atoms with Crippen LogP contribution in [0.15, 0.2) is 72.8 Å². The summed E-state index contributed by atoms with van der Waals surface area (Å²) in [6.45, 7) is 9.01. The molecule has 184 valence electrons. The van der Waals surface area contributed by atoms with Crippen LogP contribution >= 0.6 is 0 Å². The van der Waals surface area contributed by atoms with Crippen LogP contribution in [-0.2, 0) is 6.54 Å². The number of rotatable bonds is 6. The minimum absolute atomic E-state index is 0.124. The molecule has 1 aliphatic rings. The smallest absolute Gasteiger partial charge is 0.320 e. The van der Waals surface area contributed by atoms with Crippen LogP contribution in [0.4, 0.5) is 4.79 Å². The zero-order valence-electron chi connectivity index (χ0n) is 21.4. The van der Waals surface area contributed by atoms with Crippen molar-refractivity contribution in [2.75, 3.05) is 19.6 Å². The van der Waals surface area contributed by atoms with Gasteiger partial charge < -0.3 is 14.8 Å². The fraction of sp³-hybridized carbons (Fsp3) is 0.290. The molecule has 0 spiro atoms. The SMILES string of the molecule is CCCN(Cc1cc(-c2ccc3nc(C)[nH]c3c2)ccc1C)C(=O)N1CC=C(c2ccccc2)CC1. The summed E-state index contributed by atoms with van der Waals surface area (Å²) in [5.74, 6) is 0.920. The minimum atomic E-state index is 0.124. The number of carbonyl (C=O) groups is 1. The van der Waals surface area contributed by atoms with Gasteiger partial charge in [-0.25, -0.2) is 9.78 Å². The molecule has 5 nitrogen and oxygen atoms in total. The number of amides is 2. The lowest BCUT2D eigenvalue weighted by Gasteiger charge is -2.33. The summed E-state index contributed by atoms with van der Waals surface area (Å²) in [5, 5.41) is 0. The van der Waals surface area contributed by atoms with Gasteiger partial charge in [0.1, 0.15) is 5.82 Å². The maximum atomic E-state index is 13.6. The molecule has 0 saturated carbocycles. The third-order valence-electron chi connectivity index (χ3n) is 7.03. The highest BCUT2D eigenvalue weighted by Gasteiger charge is 2.23. The van der Waals surface area contributed by atoms with Crippen molar-refractivity contribution in [2.24, 2.45) is 0 Å². The standard InChI is InChI=1S/C31H34N4O/c1-4-16-35(31(36)34-17-14-25(15-18-34)24-8-6-5-7-9-24)21-28-19-26(11-10-22(28)2)27-12-13-29-30(20-27)33-23(3)32-29/h5-14,19-20H,4,15-18,21H2,1-3H3,(H,32,33). The number of aromatic amines is 1. The molecule has 3 aromatic carbocycles. The third-order valence-corrected chi connectivity index (χ3v) is 7.03. The molecular formula is C31H34N4O. The van der Waals surface area contributed by atoms with Crippen LogP contribution in [0.1, 0.15) is 42.3 Å². The number of urea groups is 1. The van der Waals surface area contributed by atoms with Gasteiger partial charge >= 0.3 is 6.03 Å². The van der Waals surface area contributed by atoms with E-state index in [1.807, 2.05) is 22.8 Å². The zero-order chi connectivity index (χ0) is 25.1. The van der Waals surface area contributed by atoms with Crippen LogP contribution in [0.3, 0.4) is 0 Å². The van der Waals surface area contributed by atoms with E-state index in [0.717, 1.165) is 53.9 Å². The molecule has 0 unspecified atom stereocenters. The topological polar surface area (TPSA) is 52.2 Å². The van der Waals surface area contributed by atoms with Crippen LogP contribution in [-0.4, -0.2) is 45.4 Å². The molecule has 5 rings (SSSR count). The fourth-order valence-corrected chi connectivity index (χ4v) is 5.01. The first-order chi connectivity index (χ1) is 17.5. The third kappa shape index (κ3) is 5.06. The van der Waals surface area contributed by atoms with Crippen LogP contribution in [0.25, 0.3) is 27.7 Å². The second-order valence-corrected chi connectivity index (χ2v) is 9.69. The molecule has 2 heterocycles. The Labute approximate surface area is 213 Å². The molecule has 1 N–H and O–H groups in total. The Morgan fingerprint density at radius 2 is 1.78 bits per heavy atom. The lowest BCUT2D eigenvalue weighted by atomic mass is 9.98. The quantitative estimate of drug-likeness (QED) is 0.325. The first kappa shape index (κ1) is 23.9. The van der Waals surface area contributed by atoms with Crippen LogP contribution in [0, 0.1) is 13.8 Å². The molecule has 36 heavy (non-hydrogen) atoms. The summed E-state index contributed by atoms with van der Waals surface area (Å²) in [7, 11) is 0. The van der Waals surface area contributed by atoms with Crippen molar-refractivity contribution in [1.29, 1.82) is 0 Å². The van der Waals surface area contributed by atoms with Gasteiger partial charge in [-0.05, 0) is 78.3 Å². The van der Waals surface area contributed by atoms with Gasteiger partial charge in [-0.1, -0.05) is 61.5 Å². The number of aromatic nitrogens is 2. The van der Waals surface area contributed by atoms with Crippen LogP contribution in [0.5, 0.6) is 0 Å². The molecule has 0 radical (unpaired) electrons. The van der Waals surface area contributed by atoms with E-state index in [0.29, 0.717) is 13.1 Å². The first-order valence-corrected chi connectivity index (χ1v) is 12.9. The molecule has 0 atom stereocenters. The van der Waals surface area contributed by atoms with E-state index in [1.165, 1.54) is 22.3 Å². The number of nitrogens with one attached hydrogen (secondary N) is 1. The van der Waals surface area contributed by atoms with Crippen LogP contribution < -0.4 is 0 Å². The van der Waals surface area contributed by atoms with Gasteiger partial charge in [-0.3, -0.25) is 0 Å². The lowest BCUT2D eigenvalue weighted by molar-refractivity contribution is 0.154. The monoisotopic (exact) mass is 478 g/mol. The van der Waals surface area contributed by atoms with Gasteiger partial charge in [0.2, 0.25) is 0 Å². The Kier molecular flexibility index (Phi) is 6.90. The molecule has 4 aromatic rings.